The minimum atomic E-state index is -4.38. The van der Waals surface area contributed by atoms with Crippen LogP contribution in [0.25, 0.3) is 5.57 Å². The second-order valence-corrected chi connectivity index (χ2v) is 6.74. The number of benzene rings is 2. The van der Waals surface area contributed by atoms with Gasteiger partial charge in [-0.2, -0.15) is 13.2 Å². The molecule has 0 aliphatic carbocycles. The van der Waals surface area contributed by atoms with Crippen molar-refractivity contribution in [2.45, 2.75) is 22.9 Å². The molecule has 5 heteroatoms. The van der Waals surface area contributed by atoms with Crippen molar-refractivity contribution in [3.8, 4) is 0 Å². The highest BCUT2D eigenvalue weighted by Gasteiger charge is 2.36. The van der Waals surface area contributed by atoms with Crippen molar-refractivity contribution in [1.82, 2.24) is 0 Å². The fraction of sp³-hybridized carbons (Fsp3) is 0.176. The van der Waals surface area contributed by atoms with E-state index < -0.39 is 11.7 Å². The summed E-state index contributed by atoms with van der Waals surface area (Å²) in [6.07, 6.45) is -2.49. The Balaban J connectivity index is 2.42. The van der Waals surface area contributed by atoms with Gasteiger partial charge in [-0.3, -0.25) is 0 Å². The van der Waals surface area contributed by atoms with E-state index in [0.29, 0.717) is 0 Å². The van der Waals surface area contributed by atoms with E-state index in [2.05, 4.69) is 0 Å². The summed E-state index contributed by atoms with van der Waals surface area (Å²) >= 11 is 2.64. The van der Waals surface area contributed by atoms with Gasteiger partial charge in [0.25, 0.3) is 0 Å². The van der Waals surface area contributed by atoms with Crippen LogP contribution in [0.2, 0.25) is 0 Å². The number of alkyl halides is 3. The number of hydrogen-bond donors (Lipinski definition) is 0. The van der Waals surface area contributed by atoms with Crippen LogP contribution < -0.4 is 0 Å². The SMILES string of the molecule is CSc1ccc(/C(=C(/C)Sc2ccccc2)C(F)(F)F)cc1. The Morgan fingerprint density at radius 2 is 1.45 bits per heavy atom. The molecule has 0 aromatic heterocycles. The predicted octanol–water partition coefficient (Wildman–Crippen LogP) is 6.49. The molecule has 0 saturated heterocycles. The highest BCUT2D eigenvalue weighted by molar-refractivity contribution is 8.03. The molecule has 22 heavy (non-hydrogen) atoms. The van der Waals surface area contributed by atoms with Crippen LogP contribution in [-0.2, 0) is 0 Å². The summed E-state index contributed by atoms with van der Waals surface area (Å²) in [4.78, 5) is 1.98. The number of halogens is 3. The van der Waals surface area contributed by atoms with E-state index in [0.717, 1.165) is 21.6 Å². The van der Waals surface area contributed by atoms with Crippen molar-refractivity contribution in [2.75, 3.05) is 6.26 Å². The Kier molecular flexibility index (Phi) is 5.64. The van der Waals surface area contributed by atoms with Crippen molar-refractivity contribution in [3.63, 3.8) is 0 Å². The van der Waals surface area contributed by atoms with Gasteiger partial charge < -0.3 is 0 Å². The zero-order chi connectivity index (χ0) is 16.2. The standard InChI is InChI=1S/C17H15F3S2/c1-12(22-15-6-4-3-5-7-15)16(17(18,19)20)13-8-10-14(21-2)11-9-13/h3-11H,1-2H3/b16-12+. The van der Waals surface area contributed by atoms with Crippen molar-refractivity contribution in [3.05, 3.63) is 65.1 Å². The monoisotopic (exact) mass is 340 g/mol. The third-order valence-electron chi connectivity index (χ3n) is 3.03. The summed E-state index contributed by atoms with van der Waals surface area (Å²) in [6.45, 7) is 1.52. The third kappa shape index (κ3) is 4.34. The van der Waals surface area contributed by atoms with Gasteiger partial charge in [0.05, 0.1) is 5.57 Å². The maximum atomic E-state index is 13.5. The highest BCUT2D eigenvalue weighted by Crippen LogP contribution is 2.42. The molecule has 0 aliphatic heterocycles. The Morgan fingerprint density at radius 3 is 1.95 bits per heavy atom. The normalized spacial score (nSPS) is 13.0. The van der Waals surface area contributed by atoms with Crippen LogP contribution in [0.5, 0.6) is 0 Å². The first-order chi connectivity index (χ1) is 10.4. The van der Waals surface area contributed by atoms with Crippen LogP contribution in [0, 0.1) is 0 Å². The van der Waals surface area contributed by atoms with Gasteiger partial charge in [0.1, 0.15) is 0 Å². The lowest BCUT2D eigenvalue weighted by molar-refractivity contribution is -0.0691. The molecule has 0 spiro atoms. The minimum Gasteiger partial charge on any atom is -0.166 e. The summed E-state index contributed by atoms with van der Waals surface area (Å²) in [5.41, 5.74) is -0.375. The van der Waals surface area contributed by atoms with Crippen molar-refractivity contribution >= 4 is 29.1 Å². The van der Waals surface area contributed by atoms with E-state index in [4.69, 9.17) is 0 Å². The van der Waals surface area contributed by atoms with Gasteiger partial charge in [0.15, 0.2) is 0 Å². The van der Waals surface area contributed by atoms with Crippen LogP contribution >= 0.6 is 23.5 Å². The molecule has 0 aliphatic rings. The van der Waals surface area contributed by atoms with Crippen LogP contribution in [0.4, 0.5) is 13.2 Å². The molecule has 116 valence electrons. The van der Waals surface area contributed by atoms with E-state index in [1.165, 1.54) is 30.8 Å². The van der Waals surface area contributed by atoms with Crippen molar-refractivity contribution < 1.29 is 13.2 Å². The molecule has 0 nitrogen and oxygen atoms in total. The average molecular weight is 340 g/mol. The average Bonchev–Trinajstić information content (AvgIpc) is 2.47. The highest BCUT2D eigenvalue weighted by atomic mass is 32.2. The second-order valence-electron chi connectivity index (χ2n) is 4.57. The molecule has 0 bridgehead atoms. The van der Waals surface area contributed by atoms with Crippen molar-refractivity contribution in [2.24, 2.45) is 0 Å². The molecule has 2 rings (SSSR count). The van der Waals surface area contributed by atoms with Gasteiger partial charge in [0.2, 0.25) is 0 Å². The lowest BCUT2D eigenvalue weighted by Gasteiger charge is -2.16. The minimum absolute atomic E-state index is 0.200. The first-order valence-electron chi connectivity index (χ1n) is 6.57. The number of thioether (sulfide) groups is 2. The number of hydrogen-bond acceptors (Lipinski definition) is 2. The van der Waals surface area contributed by atoms with Gasteiger partial charge in [-0.05, 0) is 47.9 Å². The summed E-state index contributed by atoms with van der Waals surface area (Å²) in [7, 11) is 0. The molecule has 0 unspecified atom stereocenters. The zero-order valence-electron chi connectivity index (χ0n) is 12.1. The van der Waals surface area contributed by atoms with E-state index in [9.17, 15) is 13.2 Å². The Morgan fingerprint density at radius 1 is 0.864 bits per heavy atom. The van der Waals surface area contributed by atoms with Gasteiger partial charge in [0, 0.05) is 9.79 Å². The third-order valence-corrected chi connectivity index (χ3v) is 4.79. The molecule has 0 atom stereocenters. The Bertz CT molecular complexity index is 644. The summed E-state index contributed by atoms with van der Waals surface area (Å²) < 4.78 is 40.4. The van der Waals surface area contributed by atoms with E-state index in [1.54, 1.807) is 24.3 Å². The molecule has 0 saturated carbocycles. The summed E-state index contributed by atoms with van der Waals surface area (Å²) in [6, 6.07) is 15.6. The fourth-order valence-corrected chi connectivity index (χ4v) is 3.43. The Labute approximate surface area is 136 Å². The predicted molar refractivity (Wildman–Crippen MR) is 89.2 cm³/mol. The smallest absolute Gasteiger partial charge is 0.166 e. The molecule has 0 amide bonds. The lowest BCUT2D eigenvalue weighted by atomic mass is 10.1. The topological polar surface area (TPSA) is 0 Å². The first-order valence-corrected chi connectivity index (χ1v) is 8.61. The molecule has 0 radical (unpaired) electrons. The lowest BCUT2D eigenvalue weighted by Crippen LogP contribution is -2.12. The van der Waals surface area contributed by atoms with Gasteiger partial charge in [-0.15, -0.1) is 11.8 Å². The molecule has 0 N–H and O–H groups in total. The summed E-state index contributed by atoms with van der Waals surface area (Å²) in [5, 5.41) is 0. The molecular formula is C17H15F3S2. The maximum absolute atomic E-state index is 13.5. The number of rotatable bonds is 4. The zero-order valence-corrected chi connectivity index (χ0v) is 13.8. The fourth-order valence-electron chi connectivity index (χ4n) is 2.04. The molecule has 0 heterocycles. The maximum Gasteiger partial charge on any atom is 0.417 e. The first kappa shape index (κ1) is 17.0. The van der Waals surface area contributed by atoms with Crippen molar-refractivity contribution in [1.29, 1.82) is 0 Å². The summed E-state index contributed by atoms with van der Waals surface area (Å²) in [5.74, 6) is 0. The van der Waals surface area contributed by atoms with Crippen LogP contribution in [0.15, 0.2) is 69.3 Å². The van der Waals surface area contributed by atoms with E-state index >= 15 is 0 Å². The quantitative estimate of drug-likeness (QED) is 0.583. The van der Waals surface area contributed by atoms with Gasteiger partial charge in [-0.25, -0.2) is 0 Å². The van der Waals surface area contributed by atoms with Crippen LogP contribution in [0.1, 0.15) is 12.5 Å². The molecular weight excluding hydrogens is 325 g/mol. The molecule has 2 aromatic rings. The largest absolute Gasteiger partial charge is 0.417 e. The van der Waals surface area contributed by atoms with Crippen LogP contribution in [-0.4, -0.2) is 12.4 Å². The van der Waals surface area contributed by atoms with Crippen LogP contribution in [0.3, 0.4) is 0 Å². The molecule has 0 fully saturated rings. The second kappa shape index (κ2) is 7.29. The van der Waals surface area contributed by atoms with Gasteiger partial charge in [-0.1, -0.05) is 42.1 Å². The molecule has 2 aromatic carbocycles. The van der Waals surface area contributed by atoms with E-state index in [1.807, 2.05) is 24.5 Å². The number of allylic oxidation sites excluding steroid dienone is 2. The van der Waals surface area contributed by atoms with E-state index in [-0.39, 0.29) is 10.5 Å². The van der Waals surface area contributed by atoms with Gasteiger partial charge >= 0.3 is 6.18 Å². The Hall–Kier alpha value is -1.33.